The Morgan fingerprint density at radius 3 is 2.61 bits per heavy atom. The third-order valence-electron chi connectivity index (χ3n) is 3.53. The monoisotopic (exact) mass is 352 g/mol. The average molecular weight is 352 g/mol. The highest BCUT2D eigenvalue weighted by molar-refractivity contribution is 7.90. The van der Waals surface area contributed by atoms with Crippen molar-refractivity contribution < 1.29 is 13.2 Å². The average Bonchev–Trinajstić information content (AvgIpc) is 3.00. The minimum atomic E-state index is -3.33. The van der Waals surface area contributed by atoms with Crippen molar-refractivity contribution >= 4 is 27.1 Å². The molecule has 7 heteroatoms. The summed E-state index contributed by atoms with van der Waals surface area (Å²) in [4.78, 5) is 14.5. The molecule has 1 heterocycles. The molecule has 124 valence electrons. The normalized spacial score (nSPS) is 13.0. The fourth-order valence-electron chi connectivity index (χ4n) is 2.22. The van der Waals surface area contributed by atoms with E-state index >= 15 is 0 Å². The Labute approximate surface area is 140 Å². The largest absolute Gasteiger partial charge is 0.350 e. The number of likely N-dealkylation sites (N-methyl/N-ethyl adjacent to an activating group) is 1. The fraction of sp³-hybridized carbons (Fsp3) is 0.312. The van der Waals surface area contributed by atoms with E-state index < -0.39 is 9.84 Å². The molecule has 5 nitrogen and oxygen atoms in total. The third-order valence-corrected chi connectivity index (χ3v) is 5.34. The van der Waals surface area contributed by atoms with E-state index in [4.69, 9.17) is 0 Å². The molecule has 0 saturated heterocycles. The first-order valence-electron chi connectivity index (χ1n) is 7.06. The molecule has 0 saturated carbocycles. The predicted molar refractivity (Wildman–Crippen MR) is 92.6 cm³/mol. The molecule has 2 aromatic rings. The van der Waals surface area contributed by atoms with Crippen LogP contribution in [0.5, 0.6) is 0 Å². The van der Waals surface area contributed by atoms with E-state index in [2.05, 4.69) is 10.7 Å². The van der Waals surface area contributed by atoms with E-state index in [9.17, 15) is 13.2 Å². The number of sulfone groups is 1. The molecule has 0 aliphatic rings. The number of nitrogens with one attached hydrogen (secondary N) is 1. The zero-order valence-corrected chi connectivity index (χ0v) is 14.9. The van der Waals surface area contributed by atoms with Crippen LogP contribution in [0.3, 0.4) is 0 Å². The molecule has 23 heavy (non-hydrogen) atoms. The van der Waals surface area contributed by atoms with Crippen molar-refractivity contribution in [1.82, 2.24) is 10.2 Å². The van der Waals surface area contributed by atoms with Crippen LogP contribution in [0.2, 0.25) is 0 Å². The smallest absolute Gasteiger partial charge is 0.251 e. The van der Waals surface area contributed by atoms with Gasteiger partial charge in [0.1, 0.15) is 0 Å². The van der Waals surface area contributed by atoms with Gasteiger partial charge in [0.15, 0.2) is 9.84 Å². The van der Waals surface area contributed by atoms with Gasteiger partial charge in [-0.3, -0.25) is 4.79 Å². The van der Waals surface area contributed by atoms with Gasteiger partial charge in [-0.2, -0.15) is 11.3 Å². The van der Waals surface area contributed by atoms with Crippen molar-refractivity contribution in [2.75, 3.05) is 26.9 Å². The number of hydrogen-bond donors (Lipinski definition) is 1. The Morgan fingerprint density at radius 1 is 1.30 bits per heavy atom. The summed E-state index contributed by atoms with van der Waals surface area (Å²) in [6.07, 6.45) is 1.13. The van der Waals surface area contributed by atoms with Crippen molar-refractivity contribution in [2.24, 2.45) is 0 Å². The van der Waals surface area contributed by atoms with Crippen LogP contribution in [0.25, 0.3) is 0 Å². The summed E-state index contributed by atoms with van der Waals surface area (Å²) in [5, 5.41) is 6.94. The Bertz CT molecular complexity index is 768. The topological polar surface area (TPSA) is 66.5 Å². The number of benzene rings is 1. The Morgan fingerprint density at radius 2 is 2.04 bits per heavy atom. The number of hydrogen-bond acceptors (Lipinski definition) is 5. The molecular formula is C16H20N2O3S2. The molecule has 1 N–H and O–H groups in total. The van der Waals surface area contributed by atoms with E-state index in [1.165, 1.54) is 12.1 Å². The van der Waals surface area contributed by atoms with Gasteiger partial charge in [0.2, 0.25) is 0 Å². The van der Waals surface area contributed by atoms with Crippen LogP contribution in [0, 0.1) is 0 Å². The highest BCUT2D eigenvalue weighted by Crippen LogP contribution is 2.20. The summed E-state index contributed by atoms with van der Waals surface area (Å²) in [7, 11) is 0.588. The summed E-state index contributed by atoms with van der Waals surface area (Å²) in [6, 6.07) is 8.18. The van der Waals surface area contributed by atoms with Crippen LogP contribution in [0.4, 0.5) is 0 Å². The lowest BCUT2D eigenvalue weighted by molar-refractivity contribution is 0.0941. The van der Waals surface area contributed by atoms with Crippen LogP contribution in [0.1, 0.15) is 22.0 Å². The maximum Gasteiger partial charge on any atom is 0.251 e. The van der Waals surface area contributed by atoms with Crippen molar-refractivity contribution in [2.45, 2.75) is 10.9 Å². The zero-order chi connectivity index (χ0) is 17.0. The summed E-state index contributed by atoms with van der Waals surface area (Å²) in [6.45, 7) is 0.450. The van der Waals surface area contributed by atoms with E-state index in [0.29, 0.717) is 12.1 Å². The van der Waals surface area contributed by atoms with Crippen molar-refractivity contribution in [1.29, 1.82) is 0 Å². The lowest BCUT2D eigenvalue weighted by Crippen LogP contribution is -2.34. The van der Waals surface area contributed by atoms with Crippen molar-refractivity contribution in [3.05, 3.63) is 52.2 Å². The van der Waals surface area contributed by atoms with Crippen LogP contribution in [-0.4, -0.2) is 46.1 Å². The van der Waals surface area contributed by atoms with Crippen molar-refractivity contribution in [3.63, 3.8) is 0 Å². The maximum absolute atomic E-state index is 12.3. The number of rotatable bonds is 6. The summed E-state index contributed by atoms with van der Waals surface area (Å²) < 4.78 is 23.2. The minimum Gasteiger partial charge on any atom is -0.350 e. The number of nitrogens with zero attached hydrogens (tertiary/aromatic N) is 1. The lowest BCUT2D eigenvalue weighted by Gasteiger charge is -2.24. The summed E-state index contributed by atoms with van der Waals surface area (Å²) >= 11 is 1.61. The third kappa shape index (κ3) is 4.63. The summed E-state index contributed by atoms with van der Waals surface area (Å²) in [5.41, 5.74) is 1.49. The second-order valence-electron chi connectivity index (χ2n) is 5.55. The molecule has 0 spiro atoms. The number of amides is 1. The second kappa shape index (κ2) is 7.25. The van der Waals surface area contributed by atoms with Crippen LogP contribution < -0.4 is 5.32 Å². The first-order chi connectivity index (χ1) is 10.8. The van der Waals surface area contributed by atoms with Crippen LogP contribution in [0.15, 0.2) is 46.0 Å². The van der Waals surface area contributed by atoms with Gasteiger partial charge in [-0.05, 0) is 54.7 Å². The number of carbonyl (C=O) groups is 1. The molecule has 0 bridgehead atoms. The minimum absolute atomic E-state index is 0.0725. The van der Waals surface area contributed by atoms with Gasteiger partial charge in [-0.15, -0.1) is 0 Å². The molecule has 2 rings (SSSR count). The molecule has 1 aromatic carbocycles. The van der Waals surface area contributed by atoms with Crippen molar-refractivity contribution in [3.8, 4) is 0 Å². The van der Waals surface area contributed by atoms with E-state index in [0.717, 1.165) is 11.8 Å². The SMILES string of the molecule is CN(C)C(CNC(=O)c1cccc(S(C)(=O)=O)c1)c1ccsc1. The van der Waals surface area contributed by atoms with Gasteiger partial charge in [-0.25, -0.2) is 8.42 Å². The second-order valence-corrected chi connectivity index (χ2v) is 8.34. The maximum atomic E-state index is 12.3. The molecule has 1 amide bonds. The van der Waals surface area contributed by atoms with Gasteiger partial charge in [0.25, 0.3) is 5.91 Å². The van der Waals surface area contributed by atoms with Gasteiger partial charge in [-0.1, -0.05) is 6.07 Å². The quantitative estimate of drug-likeness (QED) is 0.865. The molecule has 1 atom stereocenters. The lowest BCUT2D eigenvalue weighted by atomic mass is 10.1. The zero-order valence-electron chi connectivity index (χ0n) is 13.3. The Hall–Kier alpha value is -1.70. The van der Waals surface area contributed by atoms with Gasteiger partial charge >= 0.3 is 0 Å². The molecular weight excluding hydrogens is 332 g/mol. The van der Waals surface area contributed by atoms with E-state index in [1.807, 2.05) is 30.4 Å². The van der Waals surface area contributed by atoms with Gasteiger partial charge < -0.3 is 10.2 Å². The highest BCUT2D eigenvalue weighted by Gasteiger charge is 2.17. The molecule has 0 fully saturated rings. The van der Waals surface area contributed by atoms with Crippen LogP contribution >= 0.6 is 11.3 Å². The Balaban J connectivity index is 2.10. The predicted octanol–water partition coefficient (Wildman–Crippen LogP) is 2.18. The first kappa shape index (κ1) is 17.7. The van der Waals surface area contributed by atoms with Gasteiger partial charge in [0, 0.05) is 18.4 Å². The number of carbonyl (C=O) groups excluding carboxylic acids is 1. The molecule has 1 unspecified atom stereocenters. The van der Waals surface area contributed by atoms with E-state index in [1.54, 1.807) is 23.5 Å². The fourth-order valence-corrected chi connectivity index (χ4v) is 3.60. The first-order valence-corrected chi connectivity index (χ1v) is 9.89. The molecule has 0 aliphatic heterocycles. The molecule has 1 aromatic heterocycles. The summed E-state index contributed by atoms with van der Waals surface area (Å²) in [5.74, 6) is -0.280. The Kier molecular flexibility index (Phi) is 5.56. The number of thiophene rings is 1. The van der Waals surface area contributed by atoms with E-state index in [-0.39, 0.29) is 16.8 Å². The van der Waals surface area contributed by atoms with Gasteiger partial charge in [0.05, 0.1) is 10.9 Å². The highest BCUT2D eigenvalue weighted by atomic mass is 32.2. The molecule has 0 radical (unpaired) electrons. The molecule has 0 aliphatic carbocycles. The standard InChI is InChI=1S/C16H20N2O3S2/c1-18(2)15(13-7-8-22-11-13)10-17-16(19)12-5-4-6-14(9-12)23(3,20)21/h4-9,11,15H,10H2,1-3H3,(H,17,19). The van der Waals surface area contributed by atoms with Crippen LogP contribution in [-0.2, 0) is 9.84 Å².